The summed E-state index contributed by atoms with van der Waals surface area (Å²) < 4.78 is 13.0. The van der Waals surface area contributed by atoms with Gasteiger partial charge in [-0.05, 0) is 42.8 Å². The molecule has 0 aliphatic carbocycles. The minimum Gasteiger partial charge on any atom is -0.318 e. The monoisotopic (exact) mass is 306 g/mol. The highest BCUT2D eigenvalue weighted by atomic mass is 35.5. The minimum atomic E-state index is -0.862. The van der Waals surface area contributed by atoms with Crippen molar-refractivity contribution in [2.45, 2.75) is 6.92 Å². The second kappa shape index (κ2) is 6.37. The molecule has 2 aromatic rings. The van der Waals surface area contributed by atoms with Crippen LogP contribution < -0.4 is 10.6 Å². The second-order valence-electron chi connectivity index (χ2n) is 4.41. The lowest BCUT2D eigenvalue weighted by molar-refractivity contribution is -0.132. The Bertz CT molecular complexity index is 704. The van der Waals surface area contributed by atoms with Crippen LogP contribution in [0.25, 0.3) is 0 Å². The molecule has 0 heterocycles. The predicted molar refractivity (Wildman–Crippen MR) is 79.8 cm³/mol. The molecule has 0 unspecified atom stereocenters. The van der Waals surface area contributed by atoms with Gasteiger partial charge in [0.15, 0.2) is 0 Å². The van der Waals surface area contributed by atoms with Gasteiger partial charge in [0.05, 0.1) is 5.02 Å². The van der Waals surface area contributed by atoms with Gasteiger partial charge >= 0.3 is 11.8 Å². The van der Waals surface area contributed by atoms with E-state index in [1.54, 1.807) is 18.2 Å². The summed E-state index contributed by atoms with van der Waals surface area (Å²) >= 11 is 5.60. The quantitative estimate of drug-likeness (QED) is 0.836. The van der Waals surface area contributed by atoms with E-state index in [9.17, 15) is 14.0 Å². The third-order valence-corrected chi connectivity index (χ3v) is 2.95. The first-order valence-corrected chi connectivity index (χ1v) is 6.47. The molecule has 4 nitrogen and oxygen atoms in total. The molecule has 0 fully saturated rings. The minimum absolute atomic E-state index is 0.133. The molecule has 0 aliphatic heterocycles. The zero-order valence-corrected chi connectivity index (χ0v) is 11.9. The SMILES string of the molecule is Cc1cccc(NC(=O)C(=O)Nc2ccc(F)c(Cl)c2)c1. The number of hydrogen-bond acceptors (Lipinski definition) is 2. The first-order valence-electron chi connectivity index (χ1n) is 6.10. The number of rotatable bonds is 2. The molecule has 2 rings (SSSR count). The number of nitrogens with one attached hydrogen (secondary N) is 2. The summed E-state index contributed by atoms with van der Waals surface area (Å²) in [6.45, 7) is 1.87. The van der Waals surface area contributed by atoms with Gasteiger partial charge < -0.3 is 10.6 Å². The summed E-state index contributed by atoms with van der Waals surface area (Å²) in [6, 6.07) is 10.7. The molecule has 0 saturated heterocycles. The fourth-order valence-electron chi connectivity index (χ4n) is 1.67. The van der Waals surface area contributed by atoms with Crippen LogP contribution in [0.2, 0.25) is 5.02 Å². The van der Waals surface area contributed by atoms with E-state index >= 15 is 0 Å². The van der Waals surface area contributed by atoms with Gasteiger partial charge in [-0.3, -0.25) is 9.59 Å². The number of anilines is 2. The van der Waals surface area contributed by atoms with E-state index in [4.69, 9.17) is 11.6 Å². The fourth-order valence-corrected chi connectivity index (χ4v) is 1.85. The third-order valence-electron chi connectivity index (χ3n) is 2.66. The van der Waals surface area contributed by atoms with Gasteiger partial charge in [-0.15, -0.1) is 0 Å². The van der Waals surface area contributed by atoms with E-state index in [0.29, 0.717) is 5.69 Å². The van der Waals surface area contributed by atoms with Crippen molar-refractivity contribution in [1.82, 2.24) is 0 Å². The van der Waals surface area contributed by atoms with Crippen molar-refractivity contribution in [1.29, 1.82) is 0 Å². The van der Waals surface area contributed by atoms with Crippen molar-refractivity contribution in [3.63, 3.8) is 0 Å². The summed E-state index contributed by atoms with van der Waals surface area (Å²) in [4.78, 5) is 23.5. The molecule has 108 valence electrons. The number of halogens is 2. The summed E-state index contributed by atoms with van der Waals surface area (Å²) in [5, 5.41) is 4.68. The van der Waals surface area contributed by atoms with E-state index in [1.807, 2.05) is 13.0 Å². The standard InChI is InChI=1S/C15H12ClFN2O2/c1-9-3-2-4-10(7-9)18-14(20)15(21)19-11-5-6-13(17)12(16)8-11/h2-8H,1H3,(H,18,20)(H,19,21). The zero-order chi connectivity index (χ0) is 15.4. The van der Waals surface area contributed by atoms with Gasteiger partial charge in [0.1, 0.15) is 5.82 Å². The maximum atomic E-state index is 13.0. The highest BCUT2D eigenvalue weighted by Crippen LogP contribution is 2.19. The van der Waals surface area contributed by atoms with E-state index in [0.717, 1.165) is 11.6 Å². The molecule has 21 heavy (non-hydrogen) atoms. The molecular weight excluding hydrogens is 295 g/mol. The molecule has 2 aromatic carbocycles. The van der Waals surface area contributed by atoms with Gasteiger partial charge in [0.2, 0.25) is 0 Å². The summed E-state index contributed by atoms with van der Waals surface area (Å²) in [6.07, 6.45) is 0. The van der Waals surface area contributed by atoms with Crippen LogP contribution in [0.1, 0.15) is 5.56 Å². The van der Waals surface area contributed by atoms with Crippen molar-refractivity contribution in [2.24, 2.45) is 0 Å². The van der Waals surface area contributed by atoms with Crippen LogP contribution >= 0.6 is 11.6 Å². The molecule has 0 saturated carbocycles. The van der Waals surface area contributed by atoms with Crippen molar-refractivity contribution in [3.05, 3.63) is 58.9 Å². The molecule has 0 atom stereocenters. The van der Waals surface area contributed by atoms with Gasteiger partial charge in [-0.2, -0.15) is 0 Å². The van der Waals surface area contributed by atoms with E-state index in [-0.39, 0.29) is 10.7 Å². The maximum absolute atomic E-state index is 13.0. The van der Waals surface area contributed by atoms with Crippen LogP contribution in [0.5, 0.6) is 0 Å². The Morgan fingerprint density at radius 2 is 1.62 bits per heavy atom. The Balaban J connectivity index is 2.02. The van der Waals surface area contributed by atoms with Gasteiger partial charge in [0, 0.05) is 11.4 Å². The fraction of sp³-hybridized carbons (Fsp3) is 0.0667. The smallest absolute Gasteiger partial charge is 0.314 e. The maximum Gasteiger partial charge on any atom is 0.314 e. The van der Waals surface area contributed by atoms with Crippen molar-refractivity contribution < 1.29 is 14.0 Å². The zero-order valence-electron chi connectivity index (χ0n) is 11.1. The lowest BCUT2D eigenvalue weighted by atomic mass is 10.2. The third kappa shape index (κ3) is 4.03. The molecule has 2 N–H and O–H groups in total. The molecule has 0 spiro atoms. The highest BCUT2D eigenvalue weighted by Gasteiger charge is 2.14. The number of carbonyl (C=O) groups is 2. The Labute approximate surface area is 125 Å². The van der Waals surface area contributed by atoms with Gasteiger partial charge in [0.25, 0.3) is 0 Å². The predicted octanol–water partition coefficient (Wildman–Crippen LogP) is 3.36. The molecule has 6 heteroatoms. The topological polar surface area (TPSA) is 58.2 Å². The first kappa shape index (κ1) is 15.0. The Morgan fingerprint density at radius 3 is 2.19 bits per heavy atom. The summed E-state index contributed by atoms with van der Waals surface area (Å²) in [7, 11) is 0. The second-order valence-corrected chi connectivity index (χ2v) is 4.81. The lowest BCUT2D eigenvalue weighted by Crippen LogP contribution is -2.29. The Kier molecular flexibility index (Phi) is 4.55. The van der Waals surface area contributed by atoms with Crippen LogP contribution in [0.4, 0.5) is 15.8 Å². The van der Waals surface area contributed by atoms with Crippen LogP contribution in [0.3, 0.4) is 0 Å². The molecular formula is C15H12ClFN2O2. The number of carbonyl (C=O) groups excluding carboxylic acids is 2. The Morgan fingerprint density at radius 1 is 1.00 bits per heavy atom. The molecule has 0 aliphatic rings. The van der Waals surface area contributed by atoms with Crippen LogP contribution in [-0.4, -0.2) is 11.8 Å². The number of amides is 2. The van der Waals surface area contributed by atoms with Gasteiger partial charge in [-0.1, -0.05) is 23.7 Å². The largest absolute Gasteiger partial charge is 0.318 e. The molecule has 0 aromatic heterocycles. The Hall–Kier alpha value is -2.40. The average molecular weight is 307 g/mol. The van der Waals surface area contributed by atoms with Crippen LogP contribution in [0, 0.1) is 12.7 Å². The van der Waals surface area contributed by atoms with Crippen LogP contribution in [-0.2, 0) is 9.59 Å². The van der Waals surface area contributed by atoms with E-state index in [1.165, 1.54) is 12.1 Å². The normalized spacial score (nSPS) is 10.0. The summed E-state index contributed by atoms with van der Waals surface area (Å²) in [5.74, 6) is -2.28. The number of benzene rings is 2. The van der Waals surface area contributed by atoms with Gasteiger partial charge in [-0.25, -0.2) is 4.39 Å². The number of hydrogen-bond donors (Lipinski definition) is 2. The summed E-state index contributed by atoms with van der Waals surface area (Å²) in [5.41, 5.74) is 1.72. The van der Waals surface area contributed by atoms with Crippen molar-refractivity contribution in [3.8, 4) is 0 Å². The van der Waals surface area contributed by atoms with Crippen LogP contribution in [0.15, 0.2) is 42.5 Å². The molecule has 0 bridgehead atoms. The van der Waals surface area contributed by atoms with E-state index < -0.39 is 17.6 Å². The highest BCUT2D eigenvalue weighted by molar-refractivity contribution is 6.43. The molecule has 0 radical (unpaired) electrons. The molecule has 2 amide bonds. The van der Waals surface area contributed by atoms with E-state index in [2.05, 4.69) is 10.6 Å². The van der Waals surface area contributed by atoms with Crippen molar-refractivity contribution >= 4 is 34.8 Å². The first-order chi connectivity index (χ1) is 9.95. The number of aryl methyl sites for hydroxylation is 1. The average Bonchev–Trinajstić information content (AvgIpc) is 2.43. The van der Waals surface area contributed by atoms with Crippen molar-refractivity contribution in [2.75, 3.05) is 10.6 Å². The lowest BCUT2D eigenvalue weighted by Gasteiger charge is -2.07.